The second-order valence-corrected chi connectivity index (χ2v) is 5.06. The average Bonchev–Trinajstić information content (AvgIpc) is 2.31. The molecule has 82 valence electrons. The van der Waals surface area contributed by atoms with Gasteiger partial charge in [-0.1, -0.05) is 45.7 Å². The highest BCUT2D eigenvalue weighted by molar-refractivity contribution is 9.09. The number of aromatic nitrogens is 1. The van der Waals surface area contributed by atoms with E-state index >= 15 is 0 Å². The predicted molar refractivity (Wildman–Crippen MR) is 71.1 cm³/mol. The van der Waals surface area contributed by atoms with Crippen molar-refractivity contribution in [2.24, 2.45) is 0 Å². The molecule has 1 unspecified atom stereocenters. The fraction of sp³-hybridized carbons (Fsp3) is 0.154. The molecule has 0 radical (unpaired) electrons. The van der Waals surface area contributed by atoms with Gasteiger partial charge in [-0.15, -0.1) is 0 Å². The van der Waals surface area contributed by atoms with E-state index in [1.807, 2.05) is 48.8 Å². The molecule has 0 saturated heterocycles. The SMILES string of the molecule is Clc1ccccc1C(Br)Cc1ccncc1. The van der Waals surface area contributed by atoms with Crippen LogP contribution in [-0.4, -0.2) is 4.98 Å². The Hall–Kier alpha value is -0.860. The molecule has 0 N–H and O–H groups in total. The lowest BCUT2D eigenvalue weighted by molar-refractivity contribution is 0.945. The van der Waals surface area contributed by atoms with Crippen molar-refractivity contribution in [2.45, 2.75) is 11.2 Å². The Morgan fingerprint density at radius 3 is 2.50 bits per heavy atom. The molecule has 16 heavy (non-hydrogen) atoms. The first kappa shape index (κ1) is 11.6. The number of rotatable bonds is 3. The Morgan fingerprint density at radius 2 is 1.81 bits per heavy atom. The summed E-state index contributed by atoms with van der Waals surface area (Å²) in [6.45, 7) is 0. The molecule has 0 spiro atoms. The molecule has 0 amide bonds. The van der Waals surface area contributed by atoms with E-state index in [9.17, 15) is 0 Å². The molecule has 0 aliphatic rings. The zero-order valence-corrected chi connectivity index (χ0v) is 10.9. The highest BCUT2D eigenvalue weighted by Crippen LogP contribution is 2.31. The number of benzene rings is 1. The smallest absolute Gasteiger partial charge is 0.0450 e. The number of nitrogens with zero attached hydrogens (tertiary/aromatic N) is 1. The standard InChI is InChI=1S/C13H11BrClN/c14-12(9-10-5-7-16-8-6-10)11-3-1-2-4-13(11)15/h1-8,12H,9H2. The fourth-order valence-electron chi connectivity index (χ4n) is 1.56. The monoisotopic (exact) mass is 295 g/mol. The van der Waals surface area contributed by atoms with Gasteiger partial charge in [-0.2, -0.15) is 0 Å². The Balaban J connectivity index is 2.15. The van der Waals surface area contributed by atoms with E-state index in [0.29, 0.717) is 0 Å². The molecule has 2 aromatic rings. The molecule has 3 heteroatoms. The third-order valence-corrected chi connectivity index (χ3v) is 3.57. The molecule has 1 aromatic carbocycles. The minimum atomic E-state index is 0.239. The third-order valence-electron chi connectivity index (χ3n) is 2.41. The summed E-state index contributed by atoms with van der Waals surface area (Å²) in [5.74, 6) is 0. The second-order valence-electron chi connectivity index (χ2n) is 3.55. The number of hydrogen-bond donors (Lipinski definition) is 0. The summed E-state index contributed by atoms with van der Waals surface area (Å²) in [6, 6.07) is 11.9. The van der Waals surface area contributed by atoms with Crippen molar-refractivity contribution in [1.29, 1.82) is 0 Å². The van der Waals surface area contributed by atoms with Crippen molar-refractivity contribution < 1.29 is 0 Å². The van der Waals surface area contributed by atoms with Crippen molar-refractivity contribution >= 4 is 27.5 Å². The van der Waals surface area contributed by atoms with E-state index in [1.165, 1.54) is 5.56 Å². The summed E-state index contributed by atoms with van der Waals surface area (Å²) in [7, 11) is 0. The summed E-state index contributed by atoms with van der Waals surface area (Å²) in [4.78, 5) is 4.24. The van der Waals surface area contributed by atoms with Crippen LogP contribution in [0.25, 0.3) is 0 Å². The van der Waals surface area contributed by atoms with Crippen molar-refractivity contribution in [3.8, 4) is 0 Å². The Bertz CT molecular complexity index is 458. The molecule has 0 aliphatic carbocycles. The summed E-state index contributed by atoms with van der Waals surface area (Å²) >= 11 is 9.81. The van der Waals surface area contributed by atoms with Gasteiger partial charge in [-0.05, 0) is 35.7 Å². The zero-order chi connectivity index (χ0) is 11.4. The van der Waals surface area contributed by atoms with Crippen LogP contribution in [0.3, 0.4) is 0 Å². The largest absolute Gasteiger partial charge is 0.265 e. The highest BCUT2D eigenvalue weighted by atomic mass is 79.9. The van der Waals surface area contributed by atoms with Gasteiger partial charge in [0.05, 0.1) is 0 Å². The van der Waals surface area contributed by atoms with Crippen LogP contribution in [-0.2, 0) is 6.42 Å². The predicted octanol–water partition coefficient (Wildman–Crippen LogP) is 4.41. The van der Waals surface area contributed by atoms with Gasteiger partial charge in [0.1, 0.15) is 0 Å². The van der Waals surface area contributed by atoms with Crippen molar-refractivity contribution in [2.75, 3.05) is 0 Å². The van der Waals surface area contributed by atoms with E-state index in [1.54, 1.807) is 0 Å². The lowest BCUT2D eigenvalue weighted by atomic mass is 10.1. The van der Waals surface area contributed by atoms with Crippen LogP contribution in [0, 0.1) is 0 Å². The van der Waals surface area contributed by atoms with Crippen LogP contribution in [0.1, 0.15) is 16.0 Å². The number of hydrogen-bond acceptors (Lipinski definition) is 1. The molecular formula is C13H11BrClN. The Kier molecular flexibility index (Phi) is 3.97. The lowest BCUT2D eigenvalue weighted by Crippen LogP contribution is -1.96. The molecule has 0 bridgehead atoms. The first-order chi connectivity index (χ1) is 7.77. The maximum Gasteiger partial charge on any atom is 0.0450 e. The van der Waals surface area contributed by atoms with E-state index in [0.717, 1.165) is 17.0 Å². The van der Waals surface area contributed by atoms with Gasteiger partial charge >= 0.3 is 0 Å². The van der Waals surface area contributed by atoms with Crippen LogP contribution >= 0.6 is 27.5 Å². The van der Waals surface area contributed by atoms with Crippen molar-refractivity contribution in [1.82, 2.24) is 4.98 Å². The minimum Gasteiger partial charge on any atom is -0.265 e. The summed E-state index contributed by atoms with van der Waals surface area (Å²) in [5.41, 5.74) is 2.37. The van der Waals surface area contributed by atoms with Gasteiger partial charge < -0.3 is 0 Å². The summed E-state index contributed by atoms with van der Waals surface area (Å²) in [5, 5.41) is 0.804. The van der Waals surface area contributed by atoms with Gasteiger partial charge in [0, 0.05) is 22.2 Å². The second kappa shape index (κ2) is 5.46. The Labute approximate surface area is 109 Å². The number of halogens is 2. The van der Waals surface area contributed by atoms with Crippen LogP contribution in [0.15, 0.2) is 48.8 Å². The normalized spacial score (nSPS) is 12.4. The molecule has 1 heterocycles. The van der Waals surface area contributed by atoms with E-state index < -0.39 is 0 Å². The van der Waals surface area contributed by atoms with E-state index in [4.69, 9.17) is 11.6 Å². The molecule has 1 nitrogen and oxygen atoms in total. The molecule has 0 fully saturated rings. The maximum atomic E-state index is 6.14. The summed E-state index contributed by atoms with van der Waals surface area (Å²) in [6.07, 6.45) is 4.52. The van der Waals surface area contributed by atoms with Crippen LogP contribution in [0.4, 0.5) is 0 Å². The highest BCUT2D eigenvalue weighted by Gasteiger charge is 2.11. The minimum absolute atomic E-state index is 0.239. The van der Waals surface area contributed by atoms with E-state index in [2.05, 4.69) is 20.9 Å². The van der Waals surface area contributed by atoms with Crippen molar-refractivity contribution in [3.63, 3.8) is 0 Å². The van der Waals surface area contributed by atoms with Gasteiger partial charge in [-0.25, -0.2) is 0 Å². The molecule has 0 aliphatic heterocycles. The third kappa shape index (κ3) is 2.83. The van der Waals surface area contributed by atoms with Gasteiger partial charge in [-0.3, -0.25) is 4.98 Å². The van der Waals surface area contributed by atoms with Crippen LogP contribution in [0.2, 0.25) is 5.02 Å². The van der Waals surface area contributed by atoms with Gasteiger partial charge in [0.2, 0.25) is 0 Å². The first-order valence-electron chi connectivity index (χ1n) is 5.05. The molecule has 2 rings (SSSR count). The van der Waals surface area contributed by atoms with Gasteiger partial charge in [0.15, 0.2) is 0 Å². The molecule has 1 atom stereocenters. The molecule has 0 saturated carbocycles. The fourth-order valence-corrected chi connectivity index (χ4v) is 2.74. The Morgan fingerprint density at radius 1 is 1.12 bits per heavy atom. The summed E-state index contributed by atoms with van der Waals surface area (Å²) < 4.78 is 0. The van der Waals surface area contributed by atoms with Gasteiger partial charge in [0.25, 0.3) is 0 Å². The zero-order valence-electron chi connectivity index (χ0n) is 8.61. The first-order valence-corrected chi connectivity index (χ1v) is 6.34. The van der Waals surface area contributed by atoms with Crippen LogP contribution in [0.5, 0.6) is 0 Å². The topological polar surface area (TPSA) is 12.9 Å². The maximum absolute atomic E-state index is 6.14. The lowest BCUT2D eigenvalue weighted by Gasteiger charge is -2.11. The number of pyridine rings is 1. The van der Waals surface area contributed by atoms with Crippen molar-refractivity contribution in [3.05, 3.63) is 64.9 Å². The molecular weight excluding hydrogens is 286 g/mol. The quantitative estimate of drug-likeness (QED) is 0.764. The van der Waals surface area contributed by atoms with E-state index in [-0.39, 0.29) is 4.83 Å². The number of alkyl halides is 1. The van der Waals surface area contributed by atoms with Crippen LogP contribution < -0.4 is 0 Å². The average molecular weight is 297 g/mol. The molecule has 1 aromatic heterocycles.